The van der Waals surface area contributed by atoms with Crippen LogP contribution in [0.2, 0.25) is 0 Å². The summed E-state index contributed by atoms with van der Waals surface area (Å²) < 4.78 is 28.5. The van der Waals surface area contributed by atoms with Crippen molar-refractivity contribution >= 4 is 28.2 Å². The van der Waals surface area contributed by atoms with Crippen LogP contribution in [0.3, 0.4) is 0 Å². The Morgan fingerprint density at radius 1 is 1.12 bits per heavy atom. The van der Waals surface area contributed by atoms with Gasteiger partial charge in [-0.2, -0.15) is 0 Å². The number of ether oxygens (including phenoxy) is 1. The minimum atomic E-state index is -2.49. The Morgan fingerprint density at radius 3 is 2.47 bits per heavy atom. The fourth-order valence-corrected chi connectivity index (χ4v) is 4.94. The Kier molecular flexibility index (Phi) is 5.73. The molecule has 0 atom stereocenters. The summed E-state index contributed by atoms with van der Waals surface area (Å²) in [4.78, 5) is 23.7. The molecule has 3 aliphatic rings. The van der Waals surface area contributed by atoms with E-state index in [-0.39, 0.29) is 11.8 Å². The van der Waals surface area contributed by atoms with Gasteiger partial charge in [0.1, 0.15) is 16.5 Å². The summed E-state index contributed by atoms with van der Waals surface area (Å²) in [6.07, 6.45) is 3.70. The fraction of sp³-hybridized carbons (Fsp3) is 0.500. The van der Waals surface area contributed by atoms with Gasteiger partial charge in [-0.15, -0.1) is 0 Å². The number of carbonyl (C=O) groups excluding carboxylic acids is 1. The largest absolute Gasteiger partial charge is 0.378 e. The summed E-state index contributed by atoms with van der Waals surface area (Å²) in [6.45, 7) is 2.74. The molecule has 170 valence electrons. The lowest BCUT2D eigenvalue weighted by Gasteiger charge is -2.29. The molecular formula is C22H27N5O4S. The number of rotatable bonds is 7. The second-order valence-electron chi connectivity index (χ2n) is 8.76. The molecule has 2 aliphatic carbocycles. The fourth-order valence-electron chi connectivity index (χ4n) is 3.97. The van der Waals surface area contributed by atoms with Crippen molar-refractivity contribution in [2.24, 2.45) is 0 Å². The molecule has 10 heteroatoms. The van der Waals surface area contributed by atoms with Crippen molar-refractivity contribution in [2.45, 2.75) is 37.1 Å². The van der Waals surface area contributed by atoms with E-state index in [1.54, 1.807) is 0 Å². The third-order valence-electron chi connectivity index (χ3n) is 6.19. The van der Waals surface area contributed by atoms with E-state index in [2.05, 4.69) is 15.5 Å². The highest BCUT2D eigenvalue weighted by atomic mass is 32.2. The molecule has 0 unspecified atom stereocenters. The maximum Gasteiger partial charge on any atom is 0.319 e. The highest BCUT2D eigenvalue weighted by Crippen LogP contribution is 2.48. The lowest BCUT2D eigenvalue weighted by atomic mass is 10.0. The first kappa shape index (κ1) is 21.1. The Balaban J connectivity index is 1.43. The third-order valence-corrected chi connectivity index (χ3v) is 7.05. The van der Waals surface area contributed by atoms with Gasteiger partial charge in [-0.05, 0) is 49.9 Å². The molecule has 2 N–H and O–H groups in total. The molecular weight excluding hydrogens is 430 g/mol. The SMILES string of the molecule is O=C(Nc1ccc(-c2nc(N3CCOCC3)cc(C3(C[SH](=O)=O)CC3)n2)cc1)NC1CC1. The molecule has 5 rings (SSSR count). The second-order valence-corrected chi connectivity index (χ2v) is 9.74. The molecule has 9 nitrogen and oxygen atoms in total. The smallest absolute Gasteiger partial charge is 0.319 e. The van der Waals surface area contributed by atoms with Gasteiger partial charge in [0, 0.05) is 41.9 Å². The first-order valence-electron chi connectivity index (χ1n) is 11.0. The normalized spacial score (nSPS) is 19.6. The van der Waals surface area contributed by atoms with Crippen LogP contribution < -0.4 is 15.5 Å². The lowest BCUT2D eigenvalue weighted by molar-refractivity contribution is 0.122. The predicted octanol–water partition coefficient (Wildman–Crippen LogP) is 1.91. The summed E-state index contributed by atoms with van der Waals surface area (Å²) >= 11 is 0. The molecule has 2 amide bonds. The van der Waals surface area contributed by atoms with Crippen LogP contribution in [-0.4, -0.2) is 62.5 Å². The highest BCUT2D eigenvalue weighted by Gasteiger charge is 2.47. The maximum atomic E-state index is 12.0. The summed E-state index contributed by atoms with van der Waals surface area (Å²) in [5.41, 5.74) is 1.89. The molecule has 0 bridgehead atoms. The monoisotopic (exact) mass is 457 g/mol. The molecule has 3 fully saturated rings. The van der Waals surface area contributed by atoms with Crippen molar-refractivity contribution in [3.05, 3.63) is 36.0 Å². The Morgan fingerprint density at radius 2 is 1.84 bits per heavy atom. The lowest BCUT2D eigenvalue weighted by Crippen LogP contribution is -2.37. The number of amides is 2. The molecule has 0 spiro atoms. The van der Waals surface area contributed by atoms with Gasteiger partial charge in [0.05, 0.1) is 24.7 Å². The standard InChI is InChI=1S/C22H27N5O4S/c28-21(24-17-5-6-17)23-16-3-1-15(2-4-16)20-25-18(22(7-8-22)14-32(29)30)13-19(26-20)27-9-11-31-12-10-27/h1-4,13,17,32H,5-12,14H2,(H2,23,24,28). The first-order valence-corrected chi connectivity index (χ1v) is 12.4. The molecule has 2 saturated carbocycles. The van der Waals surface area contributed by atoms with Crippen molar-refractivity contribution < 1.29 is 17.9 Å². The van der Waals surface area contributed by atoms with Gasteiger partial charge in [0.2, 0.25) is 0 Å². The number of aromatic nitrogens is 2. The van der Waals surface area contributed by atoms with E-state index < -0.39 is 16.1 Å². The van der Waals surface area contributed by atoms with Gasteiger partial charge in [0.15, 0.2) is 5.82 Å². The second kappa shape index (κ2) is 8.67. The number of thiol groups is 1. The van der Waals surface area contributed by atoms with Gasteiger partial charge in [-0.25, -0.2) is 23.2 Å². The average Bonchev–Trinajstić information content (AvgIpc) is 3.72. The Labute approximate surface area is 188 Å². The van der Waals surface area contributed by atoms with Gasteiger partial charge in [-0.3, -0.25) is 0 Å². The van der Waals surface area contributed by atoms with Gasteiger partial charge in [-0.1, -0.05) is 0 Å². The summed E-state index contributed by atoms with van der Waals surface area (Å²) in [5, 5.41) is 5.74. The van der Waals surface area contributed by atoms with Crippen LogP contribution >= 0.6 is 0 Å². The van der Waals surface area contributed by atoms with E-state index in [0.29, 0.717) is 30.8 Å². The molecule has 0 radical (unpaired) electrons. The Bertz CT molecular complexity index is 1070. The molecule has 1 saturated heterocycles. The van der Waals surface area contributed by atoms with Crippen LogP contribution in [0.5, 0.6) is 0 Å². The van der Waals surface area contributed by atoms with Crippen molar-refractivity contribution in [1.82, 2.24) is 15.3 Å². The number of anilines is 2. The Hall–Kier alpha value is -2.72. The zero-order valence-electron chi connectivity index (χ0n) is 17.7. The molecule has 2 aromatic rings. The van der Waals surface area contributed by atoms with Crippen LogP contribution in [0.25, 0.3) is 11.4 Å². The summed E-state index contributed by atoms with van der Waals surface area (Å²) in [7, 11) is -2.49. The van der Waals surface area contributed by atoms with Crippen molar-refractivity contribution in [1.29, 1.82) is 0 Å². The molecule has 32 heavy (non-hydrogen) atoms. The van der Waals surface area contributed by atoms with Gasteiger partial charge in [0.25, 0.3) is 0 Å². The van der Waals surface area contributed by atoms with Crippen LogP contribution in [0, 0.1) is 0 Å². The van der Waals surface area contributed by atoms with Gasteiger partial charge >= 0.3 is 6.03 Å². The minimum Gasteiger partial charge on any atom is -0.378 e. The van der Waals surface area contributed by atoms with Crippen molar-refractivity contribution in [3.8, 4) is 11.4 Å². The zero-order valence-corrected chi connectivity index (χ0v) is 18.6. The molecule has 1 aromatic carbocycles. The van der Waals surface area contributed by atoms with E-state index in [4.69, 9.17) is 14.7 Å². The quantitative estimate of drug-likeness (QED) is 0.544. The first-order chi connectivity index (χ1) is 15.5. The van der Waals surface area contributed by atoms with Crippen LogP contribution in [0.1, 0.15) is 31.4 Å². The summed E-state index contributed by atoms with van der Waals surface area (Å²) in [5.74, 6) is 1.47. The van der Waals surface area contributed by atoms with Crippen LogP contribution in [-0.2, 0) is 20.9 Å². The number of hydrogen-bond donors (Lipinski definition) is 3. The molecule has 1 aliphatic heterocycles. The number of benzene rings is 1. The number of nitrogens with one attached hydrogen (secondary N) is 2. The minimum absolute atomic E-state index is 0.111. The topological polar surface area (TPSA) is 114 Å². The van der Waals surface area contributed by atoms with Crippen molar-refractivity contribution in [3.63, 3.8) is 0 Å². The number of urea groups is 1. The number of hydrogen-bond acceptors (Lipinski definition) is 7. The van der Waals surface area contributed by atoms with Crippen LogP contribution in [0.15, 0.2) is 30.3 Å². The van der Waals surface area contributed by atoms with E-state index in [1.165, 1.54) is 0 Å². The van der Waals surface area contributed by atoms with E-state index in [0.717, 1.165) is 55.8 Å². The predicted molar refractivity (Wildman–Crippen MR) is 122 cm³/mol. The number of nitrogens with zero attached hydrogens (tertiary/aromatic N) is 3. The van der Waals surface area contributed by atoms with E-state index in [9.17, 15) is 13.2 Å². The van der Waals surface area contributed by atoms with Crippen LogP contribution in [0.4, 0.5) is 16.3 Å². The average molecular weight is 458 g/mol. The van der Waals surface area contributed by atoms with Crippen molar-refractivity contribution in [2.75, 3.05) is 42.3 Å². The number of morpholine rings is 1. The van der Waals surface area contributed by atoms with E-state index in [1.807, 2.05) is 30.3 Å². The maximum absolute atomic E-state index is 12.0. The zero-order chi connectivity index (χ0) is 22.1. The van der Waals surface area contributed by atoms with E-state index >= 15 is 0 Å². The molecule has 2 heterocycles. The highest BCUT2D eigenvalue weighted by molar-refractivity contribution is 7.72. The summed E-state index contributed by atoms with van der Waals surface area (Å²) in [6, 6.07) is 9.45. The molecule has 1 aromatic heterocycles. The number of carbonyl (C=O) groups is 1. The van der Waals surface area contributed by atoms with Gasteiger partial charge < -0.3 is 20.3 Å². The third kappa shape index (κ3) is 4.86.